The van der Waals surface area contributed by atoms with Gasteiger partial charge in [-0.25, -0.2) is 0 Å². The summed E-state index contributed by atoms with van der Waals surface area (Å²) in [6.45, 7) is 3.72. The molecular formula is C16H14OS. The van der Waals surface area contributed by atoms with Gasteiger partial charge in [0.05, 0.1) is 0 Å². The second-order valence-electron chi connectivity index (χ2n) is 4.58. The second kappa shape index (κ2) is 4.62. The molecule has 3 rings (SSSR count). The summed E-state index contributed by atoms with van der Waals surface area (Å²) in [7, 11) is 0. The highest BCUT2D eigenvalue weighted by Crippen LogP contribution is 2.42. The molecule has 0 radical (unpaired) electrons. The van der Waals surface area contributed by atoms with Gasteiger partial charge in [-0.3, -0.25) is 4.79 Å². The maximum Gasteiger partial charge on any atom is 0.167 e. The number of thioether (sulfide) groups is 1. The Labute approximate surface area is 111 Å². The van der Waals surface area contributed by atoms with Gasteiger partial charge in [-0.15, -0.1) is 6.58 Å². The largest absolute Gasteiger partial charge is 0.294 e. The Hall–Kier alpha value is -1.54. The quantitative estimate of drug-likeness (QED) is 0.744. The number of Topliss-reactive ketones (excluding diaryl/α,β-unsaturated/α-hetero) is 1. The Morgan fingerprint density at radius 2 is 2.22 bits per heavy atom. The van der Waals surface area contributed by atoms with Gasteiger partial charge in [-0.1, -0.05) is 48.2 Å². The van der Waals surface area contributed by atoms with E-state index in [1.807, 2.05) is 24.3 Å². The van der Waals surface area contributed by atoms with E-state index in [0.717, 1.165) is 23.3 Å². The van der Waals surface area contributed by atoms with Gasteiger partial charge in [0.2, 0.25) is 0 Å². The topological polar surface area (TPSA) is 17.1 Å². The lowest BCUT2D eigenvalue weighted by atomic mass is 9.87. The third kappa shape index (κ3) is 1.87. The van der Waals surface area contributed by atoms with Crippen molar-refractivity contribution in [1.82, 2.24) is 0 Å². The van der Waals surface area contributed by atoms with E-state index in [0.29, 0.717) is 0 Å². The van der Waals surface area contributed by atoms with Crippen LogP contribution in [0.5, 0.6) is 0 Å². The minimum Gasteiger partial charge on any atom is -0.294 e. The minimum absolute atomic E-state index is 0.00730. The standard InChI is InChI=1S/C16H14OS/c1-2-5-11-8-9-15-13(16(11)17)10-12-6-3-4-7-14(12)18-15/h2-4,6-9,11H,1,5,10H2. The summed E-state index contributed by atoms with van der Waals surface area (Å²) in [5, 5.41) is 0. The summed E-state index contributed by atoms with van der Waals surface area (Å²) in [5.41, 5.74) is 2.25. The smallest absolute Gasteiger partial charge is 0.167 e. The average Bonchev–Trinajstić information content (AvgIpc) is 2.41. The van der Waals surface area contributed by atoms with Gasteiger partial charge in [0, 0.05) is 27.7 Å². The van der Waals surface area contributed by atoms with Crippen LogP contribution < -0.4 is 0 Å². The lowest BCUT2D eigenvalue weighted by Gasteiger charge is -2.25. The van der Waals surface area contributed by atoms with Gasteiger partial charge >= 0.3 is 0 Å². The van der Waals surface area contributed by atoms with E-state index in [-0.39, 0.29) is 11.7 Å². The maximum atomic E-state index is 12.4. The molecule has 0 saturated heterocycles. The van der Waals surface area contributed by atoms with Crippen LogP contribution >= 0.6 is 11.8 Å². The van der Waals surface area contributed by atoms with Crippen LogP contribution in [0.15, 0.2) is 64.4 Å². The number of carbonyl (C=O) groups excluding carboxylic acids is 1. The van der Waals surface area contributed by atoms with Crippen molar-refractivity contribution in [3.8, 4) is 0 Å². The second-order valence-corrected chi connectivity index (χ2v) is 5.67. The molecule has 0 spiro atoms. The molecule has 1 aromatic rings. The lowest BCUT2D eigenvalue weighted by molar-refractivity contribution is -0.118. The lowest BCUT2D eigenvalue weighted by Crippen LogP contribution is -2.21. The van der Waals surface area contributed by atoms with Crippen molar-refractivity contribution in [2.24, 2.45) is 5.92 Å². The van der Waals surface area contributed by atoms with Crippen LogP contribution in [-0.2, 0) is 11.2 Å². The van der Waals surface area contributed by atoms with Crippen LogP contribution in [0.3, 0.4) is 0 Å². The fraction of sp³-hybridized carbons (Fsp3) is 0.188. The van der Waals surface area contributed by atoms with Gasteiger partial charge in [0.1, 0.15) is 0 Å². The first kappa shape index (κ1) is 11.5. The number of hydrogen-bond acceptors (Lipinski definition) is 2. The normalized spacial score (nSPS) is 21.6. The first-order valence-electron chi connectivity index (χ1n) is 6.12. The fourth-order valence-corrected chi connectivity index (χ4v) is 3.53. The number of hydrogen-bond donors (Lipinski definition) is 0. The monoisotopic (exact) mass is 254 g/mol. The minimum atomic E-state index is -0.00730. The third-order valence-electron chi connectivity index (χ3n) is 3.39. The van der Waals surface area contributed by atoms with E-state index >= 15 is 0 Å². The molecule has 1 aliphatic carbocycles. The number of benzene rings is 1. The van der Waals surface area contributed by atoms with Gasteiger partial charge in [0.25, 0.3) is 0 Å². The summed E-state index contributed by atoms with van der Waals surface area (Å²) in [6.07, 6.45) is 7.45. The molecule has 0 N–H and O–H groups in total. The molecule has 1 aromatic carbocycles. The zero-order valence-electron chi connectivity index (χ0n) is 10.1. The predicted molar refractivity (Wildman–Crippen MR) is 75.5 cm³/mol. The Morgan fingerprint density at radius 1 is 1.39 bits per heavy atom. The Balaban J connectivity index is 1.95. The van der Waals surface area contributed by atoms with Crippen molar-refractivity contribution in [2.75, 3.05) is 0 Å². The first-order chi connectivity index (χ1) is 8.79. The third-order valence-corrected chi connectivity index (χ3v) is 4.61. The summed E-state index contributed by atoms with van der Waals surface area (Å²) in [6, 6.07) is 8.32. The molecule has 0 bridgehead atoms. The summed E-state index contributed by atoms with van der Waals surface area (Å²) in [5.74, 6) is 0.265. The van der Waals surface area contributed by atoms with Crippen molar-refractivity contribution < 1.29 is 4.79 Å². The van der Waals surface area contributed by atoms with Gasteiger partial charge in [0.15, 0.2) is 5.78 Å². The molecule has 0 aromatic heterocycles. The molecule has 2 heteroatoms. The number of fused-ring (bicyclic) bond motifs is 1. The van der Waals surface area contributed by atoms with E-state index in [9.17, 15) is 4.79 Å². The van der Waals surface area contributed by atoms with E-state index in [2.05, 4.69) is 24.8 Å². The van der Waals surface area contributed by atoms with E-state index in [4.69, 9.17) is 0 Å². The van der Waals surface area contributed by atoms with Gasteiger partial charge in [-0.2, -0.15) is 0 Å². The zero-order valence-corrected chi connectivity index (χ0v) is 10.9. The molecule has 0 fully saturated rings. The molecule has 1 atom stereocenters. The van der Waals surface area contributed by atoms with Crippen LogP contribution in [0.2, 0.25) is 0 Å². The van der Waals surface area contributed by atoms with Crippen LogP contribution in [0.25, 0.3) is 0 Å². The molecule has 1 aliphatic heterocycles. The van der Waals surface area contributed by atoms with Gasteiger partial charge < -0.3 is 0 Å². The Morgan fingerprint density at radius 3 is 3.06 bits per heavy atom. The first-order valence-corrected chi connectivity index (χ1v) is 6.93. The van der Waals surface area contributed by atoms with Crippen LogP contribution in [0.1, 0.15) is 12.0 Å². The van der Waals surface area contributed by atoms with Crippen molar-refractivity contribution in [3.63, 3.8) is 0 Å². The zero-order chi connectivity index (χ0) is 12.5. The molecule has 0 amide bonds. The number of carbonyl (C=O) groups is 1. The van der Waals surface area contributed by atoms with E-state index < -0.39 is 0 Å². The molecule has 1 nitrogen and oxygen atoms in total. The van der Waals surface area contributed by atoms with E-state index in [1.165, 1.54) is 10.5 Å². The molecule has 0 saturated carbocycles. The van der Waals surface area contributed by atoms with Crippen molar-refractivity contribution >= 4 is 17.5 Å². The summed E-state index contributed by atoms with van der Waals surface area (Å²) in [4.78, 5) is 14.8. The van der Waals surface area contributed by atoms with Crippen LogP contribution in [-0.4, -0.2) is 5.78 Å². The highest BCUT2D eigenvalue weighted by Gasteiger charge is 2.28. The molecule has 2 aliphatic rings. The fourth-order valence-electron chi connectivity index (χ4n) is 2.43. The van der Waals surface area contributed by atoms with E-state index in [1.54, 1.807) is 11.8 Å². The van der Waals surface area contributed by atoms with Crippen molar-refractivity contribution in [3.05, 3.63) is 65.1 Å². The van der Waals surface area contributed by atoms with Crippen molar-refractivity contribution in [2.45, 2.75) is 17.7 Å². The number of rotatable bonds is 2. The maximum absolute atomic E-state index is 12.4. The molecule has 90 valence electrons. The molecule has 1 heterocycles. The molecule has 18 heavy (non-hydrogen) atoms. The number of allylic oxidation sites excluding steroid dienone is 4. The molecular weight excluding hydrogens is 240 g/mol. The predicted octanol–water partition coefficient (Wildman–Crippen LogP) is 3.92. The van der Waals surface area contributed by atoms with Gasteiger partial charge in [-0.05, 0) is 18.1 Å². The highest BCUT2D eigenvalue weighted by atomic mass is 32.2. The van der Waals surface area contributed by atoms with Crippen molar-refractivity contribution in [1.29, 1.82) is 0 Å². The SMILES string of the molecule is C=CCC1C=CC2=C(Cc3ccccc3S2)C1=O. The summed E-state index contributed by atoms with van der Waals surface area (Å²) >= 11 is 1.71. The Kier molecular flexibility index (Phi) is 2.96. The Bertz CT molecular complexity index is 581. The number of ketones is 1. The average molecular weight is 254 g/mol. The summed E-state index contributed by atoms with van der Waals surface area (Å²) < 4.78 is 0. The van der Waals surface area contributed by atoms with Crippen LogP contribution in [0.4, 0.5) is 0 Å². The van der Waals surface area contributed by atoms with Crippen LogP contribution in [0, 0.1) is 5.92 Å². The molecule has 1 unspecified atom stereocenters. The highest BCUT2D eigenvalue weighted by molar-refractivity contribution is 8.03.